The van der Waals surface area contributed by atoms with Crippen molar-refractivity contribution in [2.75, 3.05) is 0 Å². The topological polar surface area (TPSA) is 54.9 Å². The van der Waals surface area contributed by atoms with Crippen molar-refractivity contribution in [1.29, 1.82) is 0 Å². The molecule has 4 heteroatoms. The maximum Gasteiger partial charge on any atom is 0.224 e. The number of carbonyl (C=O) groups is 1. The fourth-order valence-electron chi connectivity index (χ4n) is 3.22. The molecule has 0 fully saturated rings. The van der Waals surface area contributed by atoms with Crippen molar-refractivity contribution in [2.24, 2.45) is 0 Å². The van der Waals surface area contributed by atoms with E-state index in [0.29, 0.717) is 13.0 Å². The first-order chi connectivity index (χ1) is 13.3. The molecule has 0 unspecified atom stereocenters. The van der Waals surface area contributed by atoms with Crippen molar-refractivity contribution in [3.8, 4) is 11.3 Å². The van der Waals surface area contributed by atoms with Crippen molar-refractivity contribution in [1.82, 2.24) is 15.3 Å². The van der Waals surface area contributed by atoms with Gasteiger partial charge in [0.2, 0.25) is 5.91 Å². The quantitative estimate of drug-likeness (QED) is 0.586. The highest BCUT2D eigenvalue weighted by Gasteiger charge is 2.10. The highest BCUT2D eigenvalue weighted by molar-refractivity contribution is 5.90. The molecular weight excluding hydrogens is 334 g/mol. The number of nitrogens with zero attached hydrogens (tertiary/aromatic N) is 2. The molecule has 4 rings (SSSR count). The molecular formula is C23H19N3O. The lowest BCUT2D eigenvalue weighted by Gasteiger charge is -2.11. The summed E-state index contributed by atoms with van der Waals surface area (Å²) in [5, 5.41) is 5.29. The van der Waals surface area contributed by atoms with E-state index in [-0.39, 0.29) is 5.91 Å². The van der Waals surface area contributed by atoms with Crippen LogP contribution in [0.4, 0.5) is 0 Å². The molecule has 0 radical (unpaired) electrons. The van der Waals surface area contributed by atoms with Crippen molar-refractivity contribution in [3.05, 3.63) is 96.4 Å². The van der Waals surface area contributed by atoms with Crippen LogP contribution in [0.5, 0.6) is 0 Å². The van der Waals surface area contributed by atoms with Crippen molar-refractivity contribution >= 4 is 16.7 Å². The third kappa shape index (κ3) is 3.85. The zero-order chi connectivity index (χ0) is 18.5. The van der Waals surface area contributed by atoms with Crippen LogP contribution >= 0.6 is 0 Å². The number of hydrogen-bond acceptors (Lipinski definition) is 3. The van der Waals surface area contributed by atoms with E-state index in [1.165, 1.54) is 0 Å². The second-order valence-electron chi connectivity index (χ2n) is 6.34. The zero-order valence-corrected chi connectivity index (χ0v) is 14.8. The average Bonchev–Trinajstić information content (AvgIpc) is 2.73. The largest absolute Gasteiger partial charge is 0.352 e. The summed E-state index contributed by atoms with van der Waals surface area (Å²) in [7, 11) is 0. The standard InChI is InChI=1S/C23H19N3O/c27-22(14-18-8-3-7-17-6-1-2-11-21(17)18)26-16-20-10-5-13-25-23(20)19-9-4-12-24-15-19/h1-13,15H,14,16H2,(H,26,27). The van der Waals surface area contributed by atoms with Crippen LogP contribution in [0.25, 0.3) is 22.0 Å². The first-order valence-electron chi connectivity index (χ1n) is 8.89. The maximum absolute atomic E-state index is 12.5. The Hall–Kier alpha value is -3.53. The molecule has 1 N–H and O–H groups in total. The molecule has 132 valence electrons. The molecule has 0 aliphatic heterocycles. The van der Waals surface area contributed by atoms with E-state index in [9.17, 15) is 4.79 Å². The first kappa shape index (κ1) is 16.9. The summed E-state index contributed by atoms with van der Waals surface area (Å²) in [6.45, 7) is 0.432. The van der Waals surface area contributed by atoms with Crippen molar-refractivity contribution in [2.45, 2.75) is 13.0 Å². The van der Waals surface area contributed by atoms with E-state index in [0.717, 1.165) is 33.2 Å². The summed E-state index contributed by atoms with van der Waals surface area (Å²) in [5.74, 6) is -0.00709. The summed E-state index contributed by atoms with van der Waals surface area (Å²) in [4.78, 5) is 21.1. The highest BCUT2D eigenvalue weighted by Crippen LogP contribution is 2.21. The minimum absolute atomic E-state index is 0.00709. The molecule has 2 aromatic heterocycles. The van der Waals surface area contributed by atoms with Crippen LogP contribution in [0, 0.1) is 0 Å². The van der Waals surface area contributed by atoms with E-state index < -0.39 is 0 Å². The number of amides is 1. The van der Waals surface area contributed by atoms with Gasteiger partial charge in [-0.25, -0.2) is 0 Å². The molecule has 0 atom stereocenters. The smallest absolute Gasteiger partial charge is 0.224 e. The second kappa shape index (κ2) is 7.79. The Morgan fingerprint density at radius 1 is 0.852 bits per heavy atom. The van der Waals surface area contributed by atoms with Gasteiger partial charge in [0, 0.05) is 30.7 Å². The first-order valence-corrected chi connectivity index (χ1v) is 8.89. The van der Waals surface area contributed by atoms with Crippen LogP contribution in [-0.4, -0.2) is 15.9 Å². The molecule has 0 aliphatic rings. The van der Waals surface area contributed by atoms with E-state index in [1.54, 1.807) is 18.6 Å². The number of rotatable bonds is 5. The zero-order valence-electron chi connectivity index (χ0n) is 14.8. The highest BCUT2D eigenvalue weighted by atomic mass is 16.1. The Labute approximate surface area is 157 Å². The van der Waals surface area contributed by atoms with Gasteiger partial charge in [-0.05, 0) is 40.1 Å². The van der Waals surface area contributed by atoms with Gasteiger partial charge >= 0.3 is 0 Å². The molecule has 4 aromatic rings. The van der Waals surface area contributed by atoms with Gasteiger partial charge in [0.05, 0.1) is 12.1 Å². The fourth-order valence-corrected chi connectivity index (χ4v) is 3.22. The summed E-state index contributed by atoms with van der Waals surface area (Å²) >= 11 is 0. The van der Waals surface area contributed by atoms with Gasteiger partial charge in [0.1, 0.15) is 0 Å². The molecule has 0 saturated heterocycles. The number of fused-ring (bicyclic) bond motifs is 1. The van der Waals surface area contributed by atoms with Crippen LogP contribution in [-0.2, 0) is 17.8 Å². The van der Waals surface area contributed by atoms with Gasteiger partial charge in [-0.15, -0.1) is 0 Å². The summed E-state index contributed by atoms with van der Waals surface area (Å²) in [6, 6.07) is 21.9. The average molecular weight is 353 g/mol. The third-order valence-electron chi connectivity index (χ3n) is 4.53. The predicted octanol–water partition coefficient (Wildman–Crippen LogP) is 4.16. The number of carbonyl (C=O) groups excluding carboxylic acids is 1. The molecule has 0 bridgehead atoms. The van der Waals surface area contributed by atoms with Gasteiger partial charge in [-0.1, -0.05) is 48.5 Å². The minimum atomic E-state index is -0.00709. The summed E-state index contributed by atoms with van der Waals surface area (Å²) in [5.41, 5.74) is 3.79. The summed E-state index contributed by atoms with van der Waals surface area (Å²) < 4.78 is 0. The number of aromatic nitrogens is 2. The molecule has 27 heavy (non-hydrogen) atoms. The number of benzene rings is 2. The van der Waals surface area contributed by atoms with E-state index in [4.69, 9.17) is 0 Å². The van der Waals surface area contributed by atoms with Crippen LogP contribution < -0.4 is 5.32 Å². The van der Waals surface area contributed by atoms with Gasteiger partial charge < -0.3 is 5.32 Å². The van der Waals surface area contributed by atoms with Crippen molar-refractivity contribution in [3.63, 3.8) is 0 Å². The van der Waals surface area contributed by atoms with Gasteiger partial charge in [0.25, 0.3) is 0 Å². The Morgan fingerprint density at radius 3 is 2.56 bits per heavy atom. The Morgan fingerprint density at radius 2 is 1.67 bits per heavy atom. The molecule has 2 heterocycles. The van der Waals surface area contributed by atoms with Gasteiger partial charge in [-0.2, -0.15) is 0 Å². The number of nitrogens with one attached hydrogen (secondary N) is 1. The number of hydrogen-bond donors (Lipinski definition) is 1. The molecule has 0 aliphatic carbocycles. The Balaban J connectivity index is 1.49. The maximum atomic E-state index is 12.5. The van der Waals surface area contributed by atoms with E-state index in [2.05, 4.69) is 33.5 Å². The fraction of sp³-hybridized carbons (Fsp3) is 0.0870. The van der Waals surface area contributed by atoms with Crippen LogP contribution in [0.1, 0.15) is 11.1 Å². The Kier molecular flexibility index (Phi) is 4.88. The minimum Gasteiger partial charge on any atom is -0.352 e. The summed E-state index contributed by atoms with van der Waals surface area (Å²) in [6.07, 6.45) is 5.62. The van der Waals surface area contributed by atoms with Crippen LogP contribution in [0.3, 0.4) is 0 Å². The van der Waals surface area contributed by atoms with E-state index >= 15 is 0 Å². The second-order valence-corrected chi connectivity index (χ2v) is 6.34. The molecule has 4 nitrogen and oxygen atoms in total. The normalized spacial score (nSPS) is 10.7. The lowest BCUT2D eigenvalue weighted by atomic mass is 10.0. The SMILES string of the molecule is O=C(Cc1cccc2ccccc12)NCc1cccnc1-c1cccnc1. The van der Waals surface area contributed by atoms with Crippen LogP contribution in [0.2, 0.25) is 0 Å². The lowest BCUT2D eigenvalue weighted by molar-refractivity contribution is -0.120. The third-order valence-corrected chi connectivity index (χ3v) is 4.53. The monoisotopic (exact) mass is 353 g/mol. The Bertz CT molecular complexity index is 1070. The molecule has 0 spiro atoms. The van der Waals surface area contributed by atoms with Gasteiger partial charge in [-0.3, -0.25) is 14.8 Å². The predicted molar refractivity (Wildman–Crippen MR) is 107 cm³/mol. The molecule has 2 aromatic carbocycles. The van der Waals surface area contributed by atoms with Crippen LogP contribution in [0.15, 0.2) is 85.3 Å². The number of pyridine rings is 2. The van der Waals surface area contributed by atoms with E-state index in [1.807, 2.05) is 48.5 Å². The molecule has 0 saturated carbocycles. The molecule has 1 amide bonds. The van der Waals surface area contributed by atoms with Crippen molar-refractivity contribution < 1.29 is 4.79 Å². The van der Waals surface area contributed by atoms with Gasteiger partial charge in [0.15, 0.2) is 0 Å². The lowest BCUT2D eigenvalue weighted by Crippen LogP contribution is -2.25.